The Kier molecular flexibility index (Phi) is 8.25. The second-order valence-corrected chi connectivity index (χ2v) is 11.4. The van der Waals surface area contributed by atoms with Crippen molar-refractivity contribution in [2.24, 2.45) is 20.0 Å². The van der Waals surface area contributed by atoms with Crippen molar-refractivity contribution in [2.45, 2.75) is 66.0 Å². The van der Waals surface area contributed by atoms with Gasteiger partial charge in [0.2, 0.25) is 0 Å². The molecule has 1 aromatic carbocycles. The van der Waals surface area contributed by atoms with Crippen LogP contribution in [0.15, 0.2) is 35.1 Å². The second kappa shape index (κ2) is 11.4. The molecule has 0 bridgehead atoms. The molecule has 0 aliphatic heterocycles. The third-order valence-electron chi connectivity index (χ3n) is 6.26. The zero-order valence-corrected chi connectivity index (χ0v) is 23.4. The van der Waals surface area contributed by atoms with E-state index < -0.39 is 0 Å². The average molecular weight is 517 g/mol. The normalized spacial score (nSPS) is 13.0. The van der Waals surface area contributed by atoms with Gasteiger partial charge in [-0.25, -0.2) is 14.8 Å². The summed E-state index contributed by atoms with van der Waals surface area (Å²) in [7, 11) is 3.45. The molecule has 1 aliphatic carbocycles. The smallest absolute Gasteiger partial charge is 0.308 e. The number of thiazole rings is 1. The molecule has 37 heavy (non-hydrogen) atoms. The number of nitriles is 1. The fraction of sp³-hybridized carbons (Fsp3) is 0.448. The molecule has 7 nitrogen and oxygen atoms in total. The number of nitrogens with zero attached hydrogens (tertiary/aromatic N) is 5. The summed E-state index contributed by atoms with van der Waals surface area (Å²) in [6.45, 7) is 10.1. The van der Waals surface area contributed by atoms with Gasteiger partial charge >= 0.3 is 5.69 Å². The highest BCUT2D eigenvalue weighted by molar-refractivity contribution is 7.11. The molecule has 0 unspecified atom stereocenters. The molecule has 4 aromatic rings. The quantitative estimate of drug-likeness (QED) is 0.342. The summed E-state index contributed by atoms with van der Waals surface area (Å²) in [6.07, 6.45) is 3.50. The maximum atomic E-state index is 12.3. The predicted octanol–water partition coefficient (Wildman–Crippen LogP) is 5.66. The first kappa shape index (κ1) is 26.8. The molecule has 0 amide bonds. The monoisotopic (exact) mass is 516 g/mol. The number of aryl methyl sites for hydroxylation is 3. The van der Waals surface area contributed by atoms with E-state index in [9.17, 15) is 10.1 Å². The summed E-state index contributed by atoms with van der Waals surface area (Å²) in [5.41, 5.74) is 5.58. The van der Waals surface area contributed by atoms with Crippen LogP contribution in [-0.4, -0.2) is 19.1 Å². The van der Waals surface area contributed by atoms with Gasteiger partial charge in [-0.2, -0.15) is 5.26 Å². The minimum atomic E-state index is -0.118. The summed E-state index contributed by atoms with van der Waals surface area (Å²) in [6, 6.07) is 11.9. The van der Waals surface area contributed by atoms with E-state index in [2.05, 4.69) is 39.1 Å². The van der Waals surface area contributed by atoms with E-state index in [1.54, 1.807) is 18.7 Å². The number of benzene rings is 1. The van der Waals surface area contributed by atoms with E-state index in [4.69, 9.17) is 9.97 Å². The van der Waals surface area contributed by atoms with Gasteiger partial charge in [-0.3, -0.25) is 9.13 Å². The summed E-state index contributed by atoms with van der Waals surface area (Å²) < 4.78 is 3.11. The van der Waals surface area contributed by atoms with Crippen molar-refractivity contribution in [3.8, 4) is 17.3 Å². The van der Waals surface area contributed by atoms with Gasteiger partial charge in [0.25, 0.3) is 0 Å². The first-order valence-electron chi connectivity index (χ1n) is 13.0. The lowest BCUT2D eigenvalue weighted by Crippen LogP contribution is -2.19. The highest BCUT2D eigenvalue weighted by Crippen LogP contribution is 2.42. The summed E-state index contributed by atoms with van der Waals surface area (Å²) >= 11 is 1.84. The first-order chi connectivity index (χ1) is 17.7. The van der Waals surface area contributed by atoms with E-state index in [0.717, 1.165) is 35.5 Å². The van der Waals surface area contributed by atoms with E-state index in [0.29, 0.717) is 29.4 Å². The van der Waals surface area contributed by atoms with Gasteiger partial charge in [-0.1, -0.05) is 33.8 Å². The Morgan fingerprint density at radius 2 is 1.84 bits per heavy atom. The zero-order chi connectivity index (χ0) is 26.7. The first-order valence-corrected chi connectivity index (χ1v) is 13.8. The minimum Gasteiger partial charge on any atom is -0.308 e. The van der Waals surface area contributed by atoms with Gasteiger partial charge in [-0.15, -0.1) is 11.3 Å². The molecule has 1 saturated carbocycles. The molecule has 1 fully saturated rings. The van der Waals surface area contributed by atoms with Crippen molar-refractivity contribution < 1.29 is 0 Å². The number of nitrogens with one attached hydrogen (secondary N) is 1. The molecule has 1 N–H and O–H groups in total. The number of aromatic nitrogens is 4. The fourth-order valence-electron chi connectivity index (χ4n) is 4.17. The molecule has 8 heteroatoms. The van der Waals surface area contributed by atoms with Crippen molar-refractivity contribution in [1.29, 1.82) is 5.26 Å². The molecule has 194 valence electrons. The minimum absolute atomic E-state index is 0.118. The highest BCUT2D eigenvalue weighted by Gasteiger charge is 2.27. The SMILES string of the molecule is CC(C)C.CCc1nc(C2CC2)sc1CNCc1ccc(C#N)c(-c2ccc3c(n2)n(C)c(=O)n3C)c1. The summed E-state index contributed by atoms with van der Waals surface area (Å²) in [4.78, 5) is 23.1. The molecule has 3 heterocycles. The molecule has 0 atom stereocenters. The van der Waals surface area contributed by atoms with Crippen molar-refractivity contribution in [1.82, 2.24) is 24.4 Å². The van der Waals surface area contributed by atoms with Crippen LogP contribution in [-0.2, 0) is 33.6 Å². The Morgan fingerprint density at radius 3 is 2.49 bits per heavy atom. The van der Waals surface area contributed by atoms with E-state index in [1.165, 1.54) is 33.0 Å². The van der Waals surface area contributed by atoms with Gasteiger partial charge in [0.05, 0.1) is 33.5 Å². The molecule has 0 spiro atoms. The maximum absolute atomic E-state index is 12.3. The molecule has 0 radical (unpaired) electrons. The van der Waals surface area contributed by atoms with Crippen molar-refractivity contribution >= 4 is 22.5 Å². The van der Waals surface area contributed by atoms with Crippen LogP contribution in [0, 0.1) is 17.2 Å². The van der Waals surface area contributed by atoms with Crippen LogP contribution in [0.25, 0.3) is 22.4 Å². The topological polar surface area (TPSA) is 88.5 Å². The van der Waals surface area contributed by atoms with Crippen LogP contribution < -0.4 is 11.0 Å². The molecule has 0 saturated heterocycles. The Morgan fingerprint density at radius 1 is 1.11 bits per heavy atom. The van der Waals surface area contributed by atoms with Crippen molar-refractivity contribution in [3.05, 3.63) is 67.5 Å². The number of imidazole rings is 1. The van der Waals surface area contributed by atoms with Crippen LogP contribution >= 0.6 is 11.3 Å². The number of hydrogen-bond donors (Lipinski definition) is 1. The van der Waals surface area contributed by atoms with Gasteiger partial charge < -0.3 is 5.32 Å². The zero-order valence-electron chi connectivity index (χ0n) is 22.6. The molecule has 3 aromatic heterocycles. The summed E-state index contributed by atoms with van der Waals surface area (Å²) in [5, 5.41) is 14.5. The number of rotatable bonds is 7. The summed E-state index contributed by atoms with van der Waals surface area (Å²) in [5.74, 6) is 1.52. The third-order valence-corrected chi connectivity index (χ3v) is 7.52. The van der Waals surface area contributed by atoms with E-state index >= 15 is 0 Å². The Bertz CT molecular complexity index is 1500. The molecular weight excluding hydrogens is 480 g/mol. The number of hydrogen-bond acceptors (Lipinski definition) is 6. The van der Waals surface area contributed by atoms with Crippen LogP contribution in [0.4, 0.5) is 0 Å². The Labute approximate surface area is 222 Å². The van der Waals surface area contributed by atoms with Gasteiger partial charge in [0.1, 0.15) is 0 Å². The standard InChI is InChI=1S/C25H26N6OS.C4H10/c1-4-19-22(33-24(29-19)16-7-8-16)14-27-13-15-5-6-17(12-26)18(11-15)20-9-10-21-23(28-20)31(3)25(32)30(21)2;1-4(2)3/h5-6,9-11,16,27H,4,7-8,13-14H2,1-3H3;4H,1-3H3. The second-order valence-electron chi connectivity index (χ2n) is 10.3. The van der Waals surface area contributed by atoms with E-state index in [-0.39, 0.29) is 5.69 Å². The predicted molar refractivity (Wildman–Crippen MR) is 151 cm³/mol. The van der Waals surface area contributed by atoms with Crippen molar-refractivity contribution in [2.75, 3.05) is 0 Å². The average Bonchev–Trinajstić information content (AvgIpc) is 3.62. The van der Waals surface area contributed by atoms with Gasteiger partial charge in [0.15, 0.2) is 5.65 Å². The van der Waals surface area contributed by atoms with Crippen LogP contribution in [0.3, 0.4) is 0 Å². The van der Waals surface area contributed by atoms with Gasteiger partial charge in [-0.05, 0) is 55.0 Å². The number of fused-ring (bicyclic) bond motifs is 1. The maximum Gasteiger partial charge on any atom is 0.329 e. The molecular formula is C29H36N6OS. The Balaban J connectivity index is 0.000000747. The molecule has 1 aliphatic rings. The van der Waals surface area contributed by atoms with E-state index in [1.807, 2.05) is 41.7 Å². The lowest BCUT2D eigenvalue weighted by molar-refractivity contribution is 0.694. The third kappa shape index (κ3) is 6.00. The lowest BCUT2D eigenvalue weighted by Gasteiger charge is -2.09. The molecule has 5 rings (SSSR count). The van der Waals surface area contributed by atoms with Gasteiger partial charge in [0, 0.05) is 43.5 Å². The van der Waals surface area contributed by atoms with Crippen LogP contribution in [0.1, 0.15) is 73.2 Å². The van der Waals surface area contributed by atoms with Crippen LogP contribution in [0.2, 0.25) is 0 Å². The fourth-order valence-corrected chi connectivity index (χ4v) is 5.46. The largest absolute Gasteiger partial charge is 0.329 e. The van der Waals surface area contributed by atoms with Crippen LogP contribution in [0.5, 0.6) is 0 Å². The highest BCUT2D eigenvalue weighted by atomic mass is 32.1. The lowest BCUT2D eigenvalue weighted by atomic mass is 10.0. The Hall–Kier alpha value is -3.28. The number of pyridine rings is 1. The van der Waals surface area contributed by atoms with Crippen molar-refractivity contribution in [3.63, 3.8) is 0 Å².